The van der Waals surface area contributed by atoms with Gasteiger partial charge in [-0.25, -0.2) is 4.79 Å². The first-order chi connectivity index (χ1) is 7.63. The maximum absolute atomic E-state index is 11.0. The van der Waals surface area contributed by atoms with Crippen LogP contribution in [0.2, 0.25) is 0 Å². The van der Waals surface area contributed by atoms with Gasteiger partial charge in [0.2, 0.25) is 0 Å². The highest BCUT2D eigenvalue weighted by Crippen LogP contribution is 2.11. The van der Waals surface area contributed by atoms with Crippen molar-refractivity contribution in [3.05, 3.63) is 29.8 Å². The van der Waals surface area contributed by atoms with E-state index in [4.69, 9.17) is 27.4 Å². The fraction of sp³-hybridized carbons (Fsp3) is 0.273. The van der Waals surface area contributed by atoms with Crippen LogP contribution in [0.25, 0.3) is 0 Å². The van der Waals surface area contributed by atoms with Crippen LogP contribution in [0, 0.1) is 0 Å². The highest BCUT2D eigenvalue weighted by molar-refractivity contribution is 7.80. The Morgan fingerprint density at radius 1 is 1.38 bits per heavy atom. The second-order valence-electron chi connectivity index (χ2n) is 2.98. The SMILES string of the molecule is CCOC(=O)COc1ccc(C(N)=S)cc1. The van der Waals surface area contributed by atoms with Crippen LogP contribution < -0.4 is 10.5 Å². The van der Waals surface area contributed by atoms with Gasteiger partial charge in [0.05, 0.1) is 6.61 Å². The molecule has 86 valence electrons. The van der Waals surface area contributed by atoms with E-state index in [1.807, 2.05) is 0 Å². The molecule has 1 aromatic carbocycles. The van der Waals surface area contributed by atoms with Gasteiger partial charge >= 0.3 is 5.97 Å². The van der Waals surface area contributed by atoms with Crippen molar-refractivity contribution in [2.24, 2.45) is 5.73 Å². The van der Waals surface area contributed by atoms with Gasteiger partial charge in [0.25, 0.3) is 0 Å². The predicted octanol–water partition coefficient (Wildman–Crippen LogP) is 1.26. The molecule has 1 aromatic rings. The zero-order chi connectivity index (χ0) is 12.0. The Bertz CT molecular complexity index is 375. The van der Waals surface area contributed by atoms with Crippen molar-refractivity contribution in [3.8, 4) is 5.75 Å². The highest BCUT2D eigenvalue weighted by atomic mass is 32.1. The minimum atomic E-state index is -0.388. The number of nitrogens with two attached hydrogens (primary N) is 1. The molecule has 0 fully saturated rings. The topological polar surface area (TPSA) is 61.5 Å². The van der Waals surface area contributed by atoms with Crippen LogP contribution in [0.15, 0.2) is 24.3 Å². The zero-order valence-electron chi connectivity index (χ0n) is 8.93. The standard InChI is InChI=1S/C11H13NO3S/c1-2-14-10(13)7-15-9-5-3-8(4-6-9)11(12)16/h3-6H,2,7H2,1H3,(H2,12,16). The smallest absolute Gasteiger partial charge is 0.344 e. The van der Waals surface area contributed by atoms with Gasteiger partial charge in [-0.3, -0.25) is 0 Å². The summed E-state index contributed by atoms with van der Waals surface area (Å²) in [7, 11) is 0. The predicted molar refractivity (Wildman–Crippen MR) is 64.5 cm³/mol. The summed E-state index contributed by atoms with van der Waals surface area (Å²) in [6.07, 6.45) is 0. The lowest BCUT2D eigenvalue weighted by Crippen LogP contribution is -2.14. The van der Waals surface area contributed by atoms with E-state index < -0.39 is 0 Å². The molecule has 0 unspecified atom stereocenters. The van der Waals surface area contributed by atoms with Crippen LogP contribution in [0.5, 0.6) is 5.75 Å². The first kappa shape index (κ1) is 12.4. The molecule has 2 N–H and O–H groups in total. The molecule has 0 radical (unpaired) electrons. The van der Waals surface area contributed by atoms with Crippen molar-refractivity contribution < 1.29 is 14.3 Å². The molecule has 0 amide bonds. The third-order valence-electron chi connectivity index (χ3n) is 1.80. The van der Waals surface area contributed by atoms with Crippen LogP contribution in [0.3, 0.4) is 0 Å². The molecule has 0 atom stereocenters. The lowest BCUT2D eigenvalue weighted by molar-refractivity contribution is -0.145. The fourth-order valence-corrected chi connectivity index (χ4v) is 1.20. The molecule has 0 heterocycles. The summed E-state index contributed by atoms with van der Waals surface area (Å²) in [4.78, 5) is 11.3. The molecule has 4 nitrogen and oxygen atoms in total. The van der Waals surface area contributed by atoms with E-state index in [2.05, 4.69) is 0 Å². The lowest BCUT2D eigenvalue weighted by Gasteiger charge is -2.06. The van der Waals surface area contributed by atoms with Gasteiger partial charge in [-0.1, -0.05) is 12.2 Å². The molecule has 0 aromatic heterocycles. The number of hydrogen-bond donors (Lipinski definition) is 1. The second kappa shape index (κ2) is 6.07. The average molecular weight is 239 g/mol. The van der Waals surface area contributed by atoms with Crippen molar-refractivity contribution in [2.75, 3.05) is 13.2 Å². The summed E-state index contributed by atoms with van der Waals surface area (Å²) in [5, 5.41) is 0. The normalized spacial score (nSPS) is 9.56. The van der Waals surface area contributed by atoms with Gasteiger partial charge < -0.3 is 15.2 Å². The molecule has 0 aliphatic heterocycles. The Morgan fingerprint density at radius 2 is 2.00 bits per heavy atom. The molecular formula is C11H13NO3S. The van der Waals surface area contributed by atoms with E-state index in [-0.39, 0.29) is 12.6 Å². The van der Waals surface area contributed by atoms with Gasteiger partial charge in [-0.15, -0.1) is 0 Å². The van der Waals surface area contributed by atoms with E-state index in [9.17, 15) is 4.79 Å². The van der Waals surface area contributed by atoms with Crippen LogP contribution in [0.4, 0.5) is 0 Å². The number of carbonyl (C=O) groups excluding carboxylic acids is 1. The van der Waals surface area contributed by atoms with Crippen molar-refractivity contribution >= 4 is 23.2 Å². The number of esters is 1. The molecule has 0 saturated heterocycles. The number of carbonyl (C=O) groups is 1. The summed E-state index contributed by atoms with van der Waals surface area (Å²) in [6, 6.07) is 6.88. The molecule has 0 bridgehead atoms. The molecule has 16 heavy (non-hydrogen) atoms. The van der Waals surface area contributed by atoms with Crippen LogP contribution in [0.1, 0.15) is 12.5 Å². The maximum Gasteiger partial charge on any atom is 0.344 e. The first-order valence-corrected chi connectivity index (χ1v) is 5.22. The Kier molecular flexibility index (Phi) is 4.72. The summed E-state index contributed by atoms with van der Waals surface area (Å²) in [5.41, 5.74) is 6.20. The molecule has 1 rings (SSSR count). The Morgan fingerprint density at radius 3 is 2.50 bits per heavy atom. The number of thiocarbonyl (C=S) groups is 1. The van der Waals surface area contributed by atoms with E-state index in [1.54, 1.807) is 31.2 Å². The van der Waals surface area contributed by atoms with Crippen LogP contribution >= 0.6 is 12.2 Å². The van der Waals surface area contributed by atoms with Gasteiger partial charge in [0.1, 0.15) is 10.7 Å². The quantitative estimate of drug-likeness (QED) is 0.619. The van der Waals surface area contributed by atoms with Gasteiger partial charge in [0, 0.05) is 5.56 Å². The minimum Gasteiger partial charge on any atom is -0.482 e. The number of ether oxygens (including phenoxy) is 2. The molecular weight excluding hydrogens is 226 g/mol. The summed E-state index contributed by atoms with van der Waals surface area (Å²) in [5.74, 6) is 0.189. The lowest BCUT2D eigenvalue weighted by atomic mass is 10.2. The molecule has 0 aliphatic rings. The Balaban J connectivity index is 2.49. The van der Waals surface area contributed by atoms with E-state index >= 15 is 0 Å². The van der Waals surface area contributed by atoms with Crippen LogP contribution in [-0.4, -0.2) is 24.2 Å². The van der Waals surface area contributed by atoms with E-state index in [0.717, 1.165) is 5.56 Å². The molecule has 0 aliphatic carbocycles. The number of rotatable bonds is 5. The van der Waals surface area contributed by atoms with Crippen molar-refractivity contribution in [3.63, 3.8) is 0 Å². The second-order valence-corrected chi connectivity index (χ2v) is 3.42. The monoisotopic (exact) mass is 239 g/mol. The Labute approximate surface area is 99.3 Å². The Hall–Kier alpha value is -1.62. The summed E-state index contributed by atoms with van der Waals surface area (Å²) < 4.78 is 9.92. The van der Waals surface area contributed by atoms with E-state index in [1.165, 1.54) is 0 Å². The first-order valence-electron chi connectivity index (χ1n) is 4.81. The summed E-state index contributed by atoms with van der Waals surface area (Å²) >= 11 is 4.81. The van der Waals surface area contributed by atoms with E-state index in [0.29, 0.717) is 17.3 Å². The van der Waals surface area contributed by atoms with Gasteiger partial charge in [-0.05, 0) is 31.2 Å². The molecule has 0 saturated carbocycles. The van der Waals surface area contributed by atoms with Gasteiger partial charge in [-0.2, -0.15) is 0 Å². The number of benzene rings is 1. The number of hydrogen-bond acceptors (Lipinski definition) is 4. The fourth-order valence-electron chi connectivity index (χ4n) is 1.06. The zero-order valence-corrected chi connectivity index (χ0v) is 9.75. The van der Waals surface area contributed by atoms with Crippen molar-refractivity contribution in [1.29, 1.82) is 0 Å². The van der Waals surface area contributed by atoms with Crippen molar-refractivity contribution in [2.45, 2.75) is 6.92 Å². The van der Waals surface area contributed by atoms with Crippen LogP contribution in [-0.2, 0) is 9.53 Å². The maximum atomic E-state index is 11.0. The highest BCUT2D eigenvalue weighted by Gasteiger charge is 2.03. The molecule has 0 spiro atoms. The largest absolute Gasteiger partial charge is 0.482 e. The van der Waals surface area contributed by atoms with Gasteiger partial charge in [0.15, 0.2) is 6.61 Å². The summed E-state index contributed by atoms with van der Waals surface area (Å²) in [6.45, 7) is 2.00. The third-order valence-corrected chi connectivity index (χ3v) is 2.04. The third kappa shape index (κ3) is 3.86. The molecule has 5 heteroatoms. The average Bonchev–Trinajstić information content (AvgIpc) is 2.27. The van der Waals surface area contributed by atoms with Crippen molar-refractivity contribution in [1.82, 2.24) is 0 Å². The minimum absolute atomic E-state index is 0.0970.